The maximum Gasteiger partial charge on any atom is 0.416 e. The number of carbonyl (C=O) groups excluding carboxylic acids is 1. The minimum Gasteiger partial charge on any atom is -0.336 e. The zero-order chi connectivity index (χ0) is 17.5. The summed E-state index contributed by atoms with van der Waals surface area (Å²) in [6, 6.07) is 4.79. The minimum absolute atomic E-state index is 0.00318. The standard InChI is InChI=1S/C16H16F3N3OS/c1-9-13(15(23)22-7-6-12(20)8-22)24-14(21-9)10-2-4-11(5-3-10)16(17,18)19/h2-5,12H,6-8,20H2,1H3/t12-/m0/s1. The molecule has 0 unspecified atom stereocenters. The van der Waals surface area contributed by atoms with Gasteiger partial charge in [-0.3, -0.25) is 4.79 Å². The molecule has 1 fully saturated rings. The van der Waals surface area contributed by atoms with E-state index in [0.717, 1.165) is 18.6 Å². The van der Waals surface area contributed by atoms with E-state index in [9.17, 15) is 18.0 Å². The van der Waals surface area contributed by atoms with Crippen LogP contribution in [0, 0.1) is 6.92 Å². The average molecular weight is 355 g/mol. The van der Waals surface area contributed by atoms with Crippen molar-refractivity contribution in [3.63, 3.8) is 0 Å². The first kappa shape index (κ1) is 16.9. The highest BCUT2D eigenvalue weighted by Gasteiger charge is 2.30. The largest absolute Gasteiger partial charge is 0.416 e. The lowest BCUT2D eigenvalue weighted by Crippen LogP contribution is -2.31. The van der Waals surface area contributed by atoms with Gasteiger partial charge in [-0.2, -0.15) is 13.2 Å². The van der Waals surface area contributed by atoms with Gasteiger partial charge in [0, 0.05) is 24.7 Å². The van der Waals surface area contributed by atoms with Crippen molar-refractivity contribution in [1.29, 1.82) is 0 Å². The van der Waals surface area contributed by atoms with Gasteiger partial charge in [0.1, 0.15) is 9.88 Å². The number of likely N-dealkylation sites (tertiary alicyclic amines) is 1. The number of nitrogens with two attached hydrogens (primary N) is 1. The number of aromatic nitrogens is 1. The smallest absolute Gasteiger partial charge is 0.336 e. The van der Waals surface area contributed by atoms with Crippen LogP contribution in [0.4, 0.5) is 13.2 Å². The lowest BCUT2D eigenvalue weighted by molar-refractivity contribution is -0.137. The molecule has 1 aliphatic heterocycles. The molecule has 1 amide bonds. The highest BCUT2D eigenvalue weighted by molar-refractivity contribution is 7.17. The predicted octanol–water partition coefficient (Wildman–Crippen LogP) is 3.31. The summed E-state index contributed by atoms with van der Waals surface area (Å²) in [5, 5.41) is 0.535. The average Bonchev–Trinajstić information content (AvgIpc) is 3.12. The number of rotatable bonds is 2. The third-order valence-corrected chi connectivity index (χ3v) is 5.16. The van der Waals surface area contributed by atoms with Gasteiger partial charge in [-0.1, -0.05) is 12.1 Å². The molecule has 1 aliphatic rings. The summed E-state index contributed by atoms with van der Waals surface area (Å²) in [7, 11) is 0. The van der Waals surface area contributed by atoms with Crippen molar-refractivity contribution in [2.75, 3.05) is 13.1 Å². The van der Waals surface area contributed by atoms with Crippen LogP contribution in [-0.2, 0) is 6.18 Å². The molecule has 1 atom stereocenters. The lowest BCUT2D eigenvalue weighted by Gasteiger charge is -2.14. The number of amides is 1. The molecule has 8 heteroatoms. The molecule has 0 radical (unpaired) electrons. The van der Waals surface area contributed by atoms with Crippen molar-refractivity contribution >= 4 is 17.2 Å². The lowest BCUT2D eigenvalue weighted by atomic mass is 10.1. The summed E-state index contributed by atoms with van der Waals surface area (Å²) >= 11 is 1.20. The second-order valence-electron chi connectivity index (χ2n) is 5.81. The molecule has 24 heavy (non-hydrogen) atoms. The van der Waals surface area contributed by atoms with Gasteiger partial charge in [0.15, 0.2) is 0 Å². The van der Waals surface area contributed by atoms with Gasteiger partial charge in [0.05, 0.1) is 11.3 Å². The normalized spacial score (nSPS) is 18.2. The van der Waals surface area contributed by atoms with Gasteiger partial charge in [-0.15, -0.1) is 11.3 Å². The zero-order valence-electron chi connectivity index (χ0n) is 12.9. The number of carbonyl (C=O) groups is 1. The monoisotopic (exact) mass is 355 g/mol. The number of alkyl halides is 3. The summed E-state index contributed by atoms with van der Waals surface area (Å²) in [4.78, 5) is 19.1. The van der Waals surface area contributed by atoms with Crippen molar-refractivity contribution in [1.82, 2.24) is 9.88 Å². The molecule has 3 rings (SSSR count). The van der Waals surface area contributed by atoms with Crippen molar-refractivity contribution in [3.05, 3.63) is 40.4 Å². The molecule has 1 saturated heterocycles. The third-order valence-electron chi connectivity index (χ3n) is 3.96. The van der Waals surface area contributed by atoms with Crippen LogP contribution in [0.25, 0.3) is 10.6 Å². The predicted molar refractivity (Wildman–Crippen MR) is 85.8 cm³/mol. The van der Waals surface area contributed by atoms with Crippen LogP contribution in [0.2, 0.25) is 0 Å². The van der Waals surface area contributed by atoms with Crippen LogP contribution in [0.5, 0.6) is 0 Å². The molecule has 2 aromatic rings. The van der Waals surface area contributed by atoms with E-state index in [0.29, 0.717) is 34.2 Å². The molecule has 0 saturated carbocycles. The summed E-state index contributed by atoms with van der Waals surface area (Å²) < 4.78 is 37.9. The topological polar surface area (TPSA) is 59.2 Å². The molecular weight excluding hydrogens is 339 g/mol. The fourth-order valence-electron chi connectivity index (χ4n) is 2.64. The Morgan fingerprint density at radius 3 is 2.54 bits per heavy atom. The van der Waals surface area contributed by atoms with E-state index in [1.807, 2.05) is 0 Å². The van der Waals surface area contributed by atoms with Crippen LogP contribution in [0.15, 0.2) is 24.3 Å². The highest BCUT2D eigenvalue weighted by Crippen LogP contribution is 2.33. The van der Waals surface area contributed by atoms with Crippen molar-refractivity contribution < 1.29 is 18.0 Å². The minimum atomic E-state index is -4.37. The maximum atomic E-state index is 12.6. The molecule has 0 spiro atoms. The second kappa shape index (κ2) is 6.18. The van der Waals surface area contributed by atoms with Crippen molar-refractivity contribution in [2.45, 2.75) is 25.6 Å². The van der Waals surface area contributed by atoms with Crippen LogP contribution >= 0.6 is 11.3 Å². The Labute approximate surface area is 141 Å². The molecular formula is C16H16F3N3OS. The van der Waals surface area contributed by atoms with Gasteiger partial charge >= 0.3 is 6.18 Å². The van der Waals surface area contributed by atoms with Gasteiger partial charge in [0.25, 0.3) is 5.91 Å². The van der Waals surface area contributed by atoms with Gasteiger partial charge < -0.3 is 10.6 Å². The van der Waals surface area contributed by atoms with Crippen LogP contribution < -0.4 is 5.73 Å². The van der Waals surface area contributed by atoms with E-state index in [2.05, 4.69) is 4.98 Å². The Balaban J connectivity index is 1.85. The van der Waals surface area contributed by atoms with E-state index >= 15 is 0 Å². The van der Waals surface area contributed by atoms with Crippen molar-refractivity contribution in [2.24, 2.45) is 5.73 Å². The number of thiazole rings is 1. The second-order valence-corrected chi connectivity index (χ2v) is 6.81. The van der Waals surface area contributed by atoms with E-state index in [1.54, 1.807) is 11.8 Å². The van der Waals surface area contributed by atoms with E-state index in [4.69, 9.17) is 5.73 Å². The maximum absolute atomic E-state index is 12.6. The zero-order valence-corrected chi connectivity index (χ0v) is 13.7. The Morgan fingerprint density at radius 2 is 2.00 bits per heavy atom. The number of hydrogen-bond acceptors (Lipinski definition) is 4. The first-order valence-electron chi connectivity index (χ1n) is 7.45. The molecule has 2 heterocycles. The molecule has 4 nitrogen and oxygen atoms in total. The SMILES string of the molecule is Cc1nc(-c2ccc(C(F)(F)F)cc2)sc1C(=O)N1CC[C@H](N)C1. The molecule has 2 N–H and O–H groups in total. The summed E-state index contributed by atoms with van der Waals surface area (Å²) in [6.45, 7) is 2.87. The summed E-state index contributed by atoms with van der Waals surface area (Å²) in [5.41, 5.74) is 6.27. The third kappa shape index (κ3) is 3.29. The fourth-order valence-corrected chi connectivity index (χ4v) is 3.68. The van der Waals surface area contributed by atoms with Gasteiger partial charge in [-0.25, -0.2) is 4.98 Å². The number of aryl methyl sites for hydroxylation is 1. The van der Waals surface area contributed by atoms with Crippen molar-refractivity contribution in [3.8, 4) is 10.6 Å². The number of nitrogens with zero attached hydrogens (tertiary/aromatic N) is 2. The quantitative estimate of drug-likeness (QED) is 0.899. The van der Waals surface area contributed by atoms with Crippen LogP contribution in [0.3, 0.4) is 0 Å². The highest BCUT2D eigenvalue weighted by atomic mass is 32.1. The van der Waals surface area contributed by atoms with E-state index in [1.165, 1.54) is 23.5 Å². The summed E-state index contributed by atoms with van der Waals surface area (Å²) in [5.74, 6) is -0.115. The summed E-state index contributed by atoms with van der Waals surface area (Å²) in [6.07, 6.45) is -3.59. The van der Waals surface area contributed by atoms with Gasteiger partial charge in [-0.05, 0) is 25.5 Å². The first-order chi connectivity index (χ1) is 11.3. The number of hydrogen-bond donors (Lipinski definition) is 1. The molecule has 0 bridgehead atoms. The Hall–Kier alpha value is -1.93. The van der Waals surface area contributed by atoms with E-state index in [-0.39, 0.29) is 11.9 Å². The molecule has 128 valence electrons. The Bertz CT molecular complexity index is 755. The Kier molecular flexibility index (Phi) is 4.35. The molecule has 1 aromatic heterocycles. The number of halogens is 3. The molecule has 1 aromatic carbocycles. The van der Waals surface area contributed by atoms with Crippen LogP contribution in [-0.4, -0.2) is 34.9 Å². The van der Waals surface area contributed by atoms with Crippen LogP contribution in [0.1, 0.15) is 27.3 Å². The fraction of sp³-hybridized carbons (Fsp3) is 0.375. The van der Waals surface area contributed by atoms with Gasteiger partial charge in [0.2, 0.25) is 0 Å². The molecule has 0 aliphatic carbocycles. The number of benzene rings is 1. The first-order valence-corrected chi connectivity index (χ1v) is 8.27. The van der Waals surface area contributed by atoms with E-state index < -0.39 is 11.7 Å². The Morgan fingerprint density at radius 1 is 1.33 bits per heavy atom.